The molecule has 0 spiro atoms. The highest BCUT2D eigenvalue weighted by molar-refractivity contribution is 5.83. The molecule has 0 radical (unpaired) electrons. The lowest BCUT2D eigenvalue weighted by atomic mass is 10.1. The van der Waals surface area contributed by atoms with Crippen LogP contribution in [0.15, 0.2) is 53.6 Å². The van der Waals surface area contributed by atoms with E-state index < -0.39 is 0 Å². The number of ether oxygens (including phenoxy) is 2. The van der Waals surface area contributed by atoms with Crippen LogP contribution in [-0.2, 0) is 4.79 Å². The molecule has 0 bridgehead atoms. The van der Waals surface area contributed by atoms with Crippen LogP contribution in [0.3, 0.4) is 0 Å². The Balaban J connectivity index is 1.89. The average Bonchev–Trinajstić information content (AvgIpc) is 3.03. The lowest BCUT2D eigenvalue weighted by Gasteiger charge is -2.26. The fourth-order valence-electron chi connectivity index (χ4n) is 3.26. The highest BCUT2D eigenvalue weighted by Gasteiger charge is 2.44. The van der Waals surface area contributed by atoms with Gasteiger partial charge in [0.25, 0.3) is 0 Å². The van der Waals surface area contributed by atoms with Gasteiger partial charge in [-0.25, -0.2) is 0 Å². The Morgan fingerprint density at radius 1 is 1.04 bits per heavy atom. The summed E-state index contributed by atoms with van der Waals surface area (Å²) in [5.41, 5.74) is 1.95. The average molecular weight is 368 g/mol. The van der Waals surface area contributed by atoms with Crippen LogP contribution >= 0.6 is 0 Å². The number of rotatable bonds is 6. The second-order valence-electron chi connectivity index (χ2n) is 6.84. The van der Waals surface area contributed by atoms with E-state index in [1.807, 2.05) is 48.5 Å². The zero-order chi connectivity index (χ0) is 19.4. The van der Waals surface area contributed by atoms with Crippen LogP contribution in [0.25, 0.3) is 0 Å². The fourth-order valence-corrected chi connectivity index (χ4v) is 3.26. The van der Waals surface area contributed by atoms with Crippen molar-refractivity contribution in [1.82, 2.24) is 5.01 Å². The molecule has 6 nitrogen and oxygen atoms in total. The van der Waals surface area contributed by atoms with E-state index in [1.54, 1.807) is 25.4 Å². The predicted molar refractivity (Wildman–Crippen MR) is 104 cm³/mol. The molecule has 0 aromatic heterocycles. The van der Waals surface area contributed by atoms with Crippen molar-refractivity contribution in [3.05, 3.63) is 59.7 Å². The van der Waals surface area contributed by atoms with Crippen LogP contribution in [0.2, 0.25) is 0 Å². The van der Waals surface area contributed by atoms with Crippen LogP contribution < -0.4 is 14.4 Å². The molecule has 6 heteroatoms. The molecule has 1 saturated heterocycles. The second kappa shape index (κ2) is 8.22. The number of hydrogen-bond donors (Lipinski definition) is 1. The van der Waals surface area contributed by atoms with Crippen molar-refractivity contribution in [2.75, 3.05) is 20.8 Å². The van der Waals surface area contributed by atoms with Gasteiger partial charge in [-0.15, -0.1) is 0 Å². The number of amides is 1. The maximum Gasteiger partial charge on any atom is 0.303 e. The van der Waals surface area contributed by atoms with E-state index in [0.717, 1.165) is 22.6 Å². The molecule has 2 aromatic rings. The fraction of sp³-hybridized carbons (Fsp3) is 0.333. The number of methoxy groups -OCH3 is 2. The molecule has 1 amide bonds. The number of quaternary nitrogens is 1. The van der Waals surface area contributed by atoms with Crippen molar-refractivity contribution >= 4 is 12.1 Å². The van der Waals surface area contributed by atoms with Crippen molar-refractivity contribution in [3.8, 4) is 11.5 Å². The zero-order valence-corrected chi connectivity index (χ0v) is 16.2. The summed E-state index contributed by atoms with van der Waals surface area (Å²) in [7, 11) is 3.28. The minimum atomic E-state index is -0.155. The lowest BCUT2D eigenvalue weighted by molar-refractivity contribution is -0.944. The first-order chi connectivity index (χ1) is 13.0. The number of benzene rings is 2. The molecule has 1 fully saturated rings. The quantitative estimate of drug-likeness (QED) is 0.792. The van der Waals surface area contributed by atoms with Gasteiger partial charge < -0.3 is 14.4 Å². The summed E-state index contributed by atoms with van der Waals surface area (Å²) in [6.45, 7) is 4.67. The highest BCUT2D eigenvalue weighted by atomic mass is 16.5. The smallest absolute Gasteiger partial charge is 0.303 e. The SMILES string of the molecule is COc1ccc(/C=N\N2C(=O)C[NH+](C(C)C)[C@@H]2c2ccc(OC)cc2)cc1. The topological polar surface area (TPSA) is 55.6 Å². The maximum absolute atomic E-state index is 12.7. The summed E-state index contributed by atoms with van der Waals surface area (Å²) in [6, 6.07) is 15.7. The van der Waals surface area contributed by atoms with Gasteiger partial charge in [0.2, 0.25) is 6.17 Å². The summed E-state index contributed by atoms with van der Waals surface area (Å²) < 4.78 is 10.4. The molecule has 2 aromatic carbocycles. The first kappa shape index (κ1) is 18.9. The molecule has 1 N–H and O–H groups in total. The molecule has 1 aliphatic heterocycles. The molecule has 1 unspecified atom stereocenters. The van der Waals surface area contributed by atoms with E-state index in [2.05, 4.69) is 18.9 Å². The maximum atomic E-state index is 12.7. The van der Waals surface area contributed by atoms with Crippen LogP contribution in [0.1, 0.15) is 31.1 Å². The van der Waals surface area contributed by atoms with E-state index in [4.69, 9.17) is 9.47 Å². The standard InChI is InChI=1S/C21H25N3O3/c1-15(2)23-14-20(25)24(21(23)17-7-11-19(27-4)12-8-17)22-13-16-5-9-18(26-3)10-6-16/h5-13,15,21H,14H2,1-4H3/p+1/b22-13-/t21-/m0/s1. The Labute approximate surface area is 160 Å². The van der Waals surface area contributed by atoms with Crippen molar-refractivity contribution in [2.45, 2.75) is 26.1 Å². The molecule has 1 heterocycles. The summed E-state index contributed by atoms with van der Waals surface area (Å²) in [4.78, 5) is 13.8. The van der Waals surface area contributed by atoms with Crippen molar-refractivity contribution in [3.63, 3.8) is 0 Å². The highest BCUT2D eigenvalue weighted by Crippen LogP contribution is 2.22. The molecule has 0 aliphatic carbocycles. The van der Waals surface area contributed by atoms with Crippen molar-refractivity contribution < 1.29 is 19.2 Å². The Bertz CT molecular complexity index is 800. The normalized spacial score (nSPS) is 19.9. The Kier molecular flexibility index (Phi) is 5.76. The number of hydrazone groups is 1. The van der Waals surface area contributed by atoms with E-state index in [1.165, 1.54) is 4.90 Å². The van der Waals surface area contributed by atoms with Crippen molar-refractivity contribution in [2.24, 2.45) is 5.10 Å². The van der Waals surface area contributed by atoms with E-state index >= 15 is 0 Å². The van der Waals surface area contributed by atoms with E-state index in [9.17, 15) is 4.79 Å². The summed E-state index contributed by atoms with van der Waals surface area (Å²) in [5.74, 6) is 1.60. The number of nitrogens with one attached hydrogen (secondary N) is 1. The Morgan fingerprint density at radius 2 is 1.59 bits per heavy atom. The third kappa shape index (κ3) is 4.11. The molecular weight excluding hydrogens is 342 g/mol. The van der Waals surface area contributed by atoms with Gasteiger partial charge in [-0.1, -0.05) is 0 Å². The van der Waals surface area contributed by atoms with Gasteiger partial charge in [0.1, 0.15) is 11.5 Å². The molecule has 0 saturated carbocycles. The monoisotopic (exact) mass is 368 g/mol. The van der Waals surface area contributed by atoms with Crippen molar-refractivity contribution in [1.29, 1.82) is 0 Å². The molecule has 1 aliphatic rings. The largest absolute Gasteiger partial charge is 0.497 e. The van der Waals surface area contributed by atoms with Crippen LogP contribution in [0.4, 0.5) is 0 Å². The molecule has 3 rings (SSSR count). The summed E-state index contributed by atoms with van der Waals surface area (Å²) >= 11 is 0. The Hall–Kier alpha value is -2.86. The third-order valence-electron chi connectivity index (χ3n) is 4.83. The van der Waals surface area contributed by atoms with Gasteiger partial charge in [-0.2, -0.15) is 10.1 Å². The van der Waals surface area contributed by atoms with Crippen LogP contribution in [0, 0.1) is 0 Å². The summed E-state index contributed by atoms with van der Waals surface area (Å²) in [6.07, 6.45) is 1.56. The van der Waals surface area contributed by atoms with Gasteiger partial charge >= 0.3 is 5.91 Å². The van der Waals surface area contributed by atoms with Gasteiger partial charge in [0, 0.05) is 5.56 Å². The number of carbonyl (C=O) groups is 1. The third-order valence-corrected chi connectivity index (χ3v) is 4.83. The van der Waals surface area contributed by atoms with E-state index in [0.29, 0.717) is 12.6 Å². The zero-order valence-electron chi connectivity index (χ0n) is 16.2. The van der Waals surface area contributed by atoms with Crippen LogP contribution in [0.5, 0.6) is 11.5 Å². The number of nitrogens with zero attached hydrogens (tertiary/aromatic N) is 2. The lowest BCUT2D eigenvalue weighted by Crippen LogP contribution is -3.14. The minimum Gasteiger partial charge on any atom is -0.497 e. The molecule has 142 valence electrons. The van der Waals surface area contributed by atoms with Crippen LogP contribution in [-0.4, -0.2) is 43.9 Å². The molecular formula is C21H26N3O3+. The Morgan fingerprint density at radius 3 is 2.11 bits per heavy atom. The first-order valence-electron chi connectivity index (χ1n) is 9.03. The number of hydrogen-bond acceptors (Lipinski definition) is 4. The predicted octanol–water partition coefficient (Wildman–Crippen LogP) is 1.87. The minimum absolute atomic E-state index is 0.0179. The van der Waals surface area contributed by atoms with Gasteiger partial charge in [0.15, 0.2) is 6.54 Å². The first-order valence-corrected chi connectivity index (χ1v) is 9.03. The summed E-state index contributed by atoms with van der Waals surface area (Å²) in [5, 5.41) is 6.13. The van der Waals surface area contributed by atoms with Gasteiger partial charge in [0.05, 0.1) is 26.5 Å². The van der Waals surface area contributed by atoms with E-state index in [-0.39, 0.29) is 12.1 Å². The second-order valence-corrected chi connectivity index (χ2v) is 6.84. The molecule has 2 atom stereocenters. The molecule has 27 heavy (non-hydrogen) atoms. The van der Waals surface area contributed by atoms with Gasteiger partial charge in [-0.05, 0) is 67.9 Å². The number of carbonyl (C=O) groups excluding carboxylic acids is 1. The van der Waals surface area contributed by atoms with Gasteiger partial charge in [-0.3, -0.25) is 4.79 Å².